The standard InChI is InChI=1S/C11H23NOS/c1-4-14(13)11-7-5-6-10(8-11)12-9(2)3/h9-12H,4-8H2,1-3H3. The topological polar surface area (TPSA) is 29.1 Å². The Morgan fingerprint density at radius 3 is 2.71 bits per heavy atom. The number of hydrogen-bond donors (Lipinski definition) is 1. The molecule has 3 atom stereocenters. The lowest BCUT2D eigenvalue weighted by Gasteiger charge is -2.30. The Labute approximate surface area is 90.3 Å². The Hall–Kier alpha value is 0.110. The maximum absolute atomic E-state index is 11.7. The Morgan fingerprint density at radius 2 is 2.14 bits per heavy atom. The molecular weight excluding hydrogens is 194 g/mol. The summed E-state index contributed by atoms with van der Waals surface area (Å²) in [4.78, 5) is 0. The maximum atomic E-state index is 11.7. The molecule has 1 rings (SSSR count). The van der Waals surface area contributed by atoms with Crippen molar-refractivity contribution in [3.05, 3.63) is 0 Å². The van der Waals surface area contributed by atoms with Crippen molar-refractivity contribution in [2.75, 3.05) is 5.75 Å². The van der Waals surface area contributed by atoms with Crippen molar-refractivity contribution >= 4 is 10.8 Å². The van der Waals surface area contributed by atoms with Crippen LogP contribution in [0.25, 0.3) is 0 Å². The fourth-order valence-electron chi connectivity index (χ4n) is 2.24. The molecule has 0 aromatic rings. The lowest BCUT2D eigenvalue weighted by Crippen LogP contribution is -2.41. The predicted octanol–water partition coefficient (Wildman–Crippen LogP) is 2.06. The van der Waals surface area contributed by atoms with E-state index in [-0.39, 0.29) is 0 Å². The first-order chi connectivity index (χ1) is 6.63. The fraction of sp³-hybridized carbons (Fsp3) is 1.00. The first-order valence-electron chi connectivity index (χ1n) is 5.76. The van der Waals surface area contributed by atoms with Gasteiger partial charge in [-0.2, -0.15) is 0 Å². The minimum absolute atomic E-state index is 0.449. The van der Waals surface area contributed by atoms with Crippen LogP contribution in [0.3, 0.4) is 0 Å². The van der Waals surface area contributed by atoms with Crippen LogP contribution < -0.4 is 5.32 Å². The van der Waals surface area contributed by atoms with E-state index in [9.17, 15) is 4.21 Å². The highest BCUT2D eigenvalue weighted by atomic mass is 32.2. The third-order valence-electron chi connectivity index (χ3n) is 2.85. The number of rotatable bonds is 4. The molecule has 1 aliphatic carbocycles. The summed E-state index contributed by atoms with van der Waals surface area (Å²) in [6, 6.07) is 1.15. The average Bonchev–Trinajstić information content (AvgIpc) is 2.16. The van der Waals surface area contributed by atoms with Gasteiger partial charge in [-0.15, -0.1) is 0 Å². The first kappa shape index (κ1) is 12.2. The largest absolute Gasteiger partial charge is 0.312 e. The highest BCUT2D eigenvalue weighted by molar-refractivity contribution is 7.85. The number of nitrogens with one attached hydrogen (secondary N) is 1. The third kappa shape index (κ3) is 3.70. The highest BCUT2D eigenvalue weighted by Crippen LogP contribution is 2.23. The first-order valence-corrected chi connectivity index (χ1v) is 7.15. The van der Waals surface area contributed by atoms with Crippen molar-refractivity contribution in [3.63, 3.8) is 0 Å². The van der Waals surface area contributed by atoms with Gasteiger partial charge in [0.2, 0.25) is 0 Å². The molecule has 0 aromatic carbocycles. The monoisotopic (exact) mass is 217 g/mol. The van der Waals surface area contributed by atoms with Crippen molar-refractivity contribution in [1.29, 1.82) is 0 Å². The Kier molecular flexibility index (Phi) is 5.10. The fourth-order valence-corrected chi connectivity index (χ4v) is 3.59. The van der Waals surface area contributed by atoms with Crippen molar-refractivity contribution in [2.24, 2.45) is 0 Å². The van der Waals surface area contributed by atoms with Crippen LogP contribution >= 0.6 is 0 Å². The van der Waals surface area contributed by atoms with Crippen molar-refractivity contribution in [3.8, 4) is 0 Å². The lowest BCUT2D eigenvalue weighted by atomic mass is 9.94. The summed E-state index contributed by atoms with van der Waals surface area (Å²) in [7, 11) is -0.589. The molecule has 1 N–H and O–H groups in total. The smallest absolute Gasteiger partial charge is 0.0362 e. The summed E-state index contributed by atoms with van der Waals surface area (Å²) in [6.45, 7) is 6.39. The quantitative estimate of drug-likeness (QED) is 0.781. The van der Waals surface area contributed by atoms with Gasteiger partial charge in [0.25, 0.3) is 0 Å². The van der Waals surface area contributed by atoms with E-state index >= 15 is 0 Å². The van der Waals surface area contributed by atoms with Gasteiger partial charge in [0.1, 0.15) is 0 Å². The zero-order valence-corrected chi connectivity index (χ0v) is 10.4. The van der Waals surface area contributed by atoms with Crippen LogP contribution in [0.1, 0.15) is 46.5 Å². The minimum Gasteiger partial charge on any atom is -0.312 e. The molecule has 0 bridgehead atoms. The number of hydrogen-bond acceptors (Lipinski definition) is 2. The summed E-state index contributed by atoms with van der Waals surface area (Å²) in [5.41, 5.74) is 0. The van der Waals surface area contributed by atoms with E-state index in [1.54, 1.807) is 0 Å². The minimum atomic E-state index is -0.589. The van der Waals surface area contributed by atoms with Gasteiger partial charge in [0, 0.05) is 33.9 Å². The van der Waals surface area contributed by atoms with E-state index in [4.69, 9.17) is 0 Å². The van der Waals surface area contributed by atoms with E-state index < -0.39 is 10.8 Å². The van der Waals surface area contributed by atoms with Gasteiger partial charge >= 0.3 is 0 Å². The van der Waals surface area contributed by atoms with Crippen LogP contribution in [0, 0.1) is 0 Å². The lowest BCUT2D eigenvalue weighted by molar-refractivity contribution is 0.355. The molecule has 1 saturated carbocycles. The molecule has 84 valence electrons. The van der Waals surface area contributed by atoms with Crippen LogP contribution in [0.5, 0.6) is 0 Å². The van der Waals surface area contributed by atoms with E-state index in [2.05, 4.69) is 19.2 Å². The molecule has 0 heterocycles. The molecule has 0 amide bonds. The van der Waals surface area contributed by atoms with Gasteiger partial charge in [-0.3, -0.25) is 4.21 Å². The maximum Gasteiger partial charge on any atom is 0.0362 e. The average molecular weight is 217 g/mol. The highest BCUT2D eigenvalue weighted by Gasteiger charge is 2.25. The molecule has 1 fully saturated rings. The van der Waals surface area contributed by atoms with Crippen LogP contribution in [0.2, 0.25) is 0 Å². The third-order valence-corrected chi connectivity index (χ3v) is 4.59. The van der Waals surface area contributed by atoms with Gasteiger partial charge in [-0.05, 0) is 19.3 Å². The van der Waals surface area contributed by atoms with Crippen molar-refractivity contribution in [2.45, 2.75) is 63.8 Å². The molecule has 14 heavy (non-hydrogen) atoms. The van der Waals surface area contributed by atoms with Gasteiger partial charge < -0.3 is 5.32 Å². The molecule has 0 radical (unpaired) electrons. The van der Waals surface area contributed by atoms with Crippen LogP contribution in [-0.4, -0.2) is 27.3 Å². The van der Waals surface area contributed by atoms with E-state index in [0.717, 1.165) is 18.6 Å². The van der Waals surface area contributed by atoms with Gasteiger partial charge in [0.05, 0.1) is 0 Å². The Bertz CT molecular complexity index is 194. The molecule has 3 unspecified atom stereocenters. The summed E-state index contributed by atoms with van der Waals surface area (Å²) in [5.74, 6) is 0.819. The van der Waals surface area contributed by atoms with E-state index in [1.165, 1.54) is 12.8 Å². The van der Waals surface area contributed by atoms with Gasteiger partial charge in [-0.1, -0.05) is 27.2 Å². The second-order valence-corrected chi connectivity index (χ2v) is 6.48. The van der Waals surface area contributed by atoms with Gasteiger partial charge in [0.15, 0.2) is 0 Å². The van der Waals surface area contributed by atoms with Crippen molar-refractivity contribution in [1.82, 2.24) is 5.32 Å². The van der Waals surface area contributed by atoms with Crippen LogP contribution in [0.4, 0.5) is 0 Å². The zero-order chi connectivity index (χ0) is 10.6. The molecule has 0 saturated heterocycles. The molecule has 0 aliphatic heterocycles. The summed E-state index contributed by atoms with van der Waals surface area (Å²) in [6.07, 6.45) is 4.77. The zero-order valence-electron chi connectivity index (χ0n) is 9.58. The normalized spacial score (nSPS) is 30.6. The summed E-state index contributed by atoms with van der Waals surface area (Å²) < 4.78 is 11.7. The molecular formula is C11H23NOS. The van der Waals surface area contributed by atoms with Gasteiger partial charge in [-0.25, -0.2) is 0 Å². The Balaban J connectivity index is 2.39. The van der Waals surface area contributed by atoms with Crippen molar-refractivity contribution < 1.29 is 4.21 Å². The second-order valence-electron chi connectivity index (χ2n) is 4.48. The molecule has 3 heteroatoms. The molecule has 0 aromatic heterocycles. The van der Waals surface area contributed by atoms with E-state index in [1.807, 2.05) is 6.92 Å². The SMILES string of the molecule is CCS(=O)C1CCCC(NC(C)C)C1. The Morgan fingerprint density at radius 1 is 1.43 bits per heavy atom. The molecule has 1 aliphatic rings. The molecule has 2 nitrogen and oxygen atoms in total. The van der Waals surface area contributed by atoms with E-state index in [0.29, 0.717) is 17.3 Å². The summed E-state index contributed by atoms with van der Waals surface area (Å²) in [5, 5.41) is 4.01. The van der Waals surface area contributed by atoms with Crippen LogP contribution in [0.15, 0.2) is 0 Å². The van der Waals surface area contributed by atoms with Crippen LogP contribution in [-0.2, 0) is 10.8 Å². The summed E-state index contributed by atoms with van der Waals surface area (Å²) >= 11 is 0. The predicted molar refractivity (Wildman–Crippen MR) is 63.0 cm³/mol. The second kappa shape index (κ2) is 5.86. The molecule has 0 spiro atoms.